The molecule has 0 radical (unpaired) electrons. The summed E-state index contributed by atoms with van der Waals surface area (Å²) in [5.41, 5.74) is 1.23. The zero-order valence-corrected chi connectivity index (χ0v) is 12.1. The molecule has 1 aromatic rings. The van der Waals surface area contributed by atoms with Crippen LogP contribution in [0, 0.1) is 5.82 Å². The van der Waals surface area contributed by atoms with E-state index in [1.807, 2.05) is 0 Å². The number of esters is 1. The van der Waals surface area contributed by atoms with Crippen LogP contribution < -0.4 is 5.32 Å². The lowest BCUT2D eigenvalue weighted by molar-refractivity contribution is -0.134. The Morgan fingerprint density at radius 1 is 1.45 bits per heavy atom. The smallest absolute Gasteiger partial charge is 0.330 e. The van der Waals surface area contributed by atoms with E-state index in [2.05, 4.69) is 10.1 Å². The Morgan fingerprint density at radius 2 is 2.23 bits per heavy atom. The summed E-state index contributed by atoms with van der Waals surface area (Å²) in [7, 11) is 1.25. The van der Waals surface area contributed by atoms with Crippen molar-refractivity contribution in [3.8, 4) is 0 Å². The van der Waals surface area contributed by atoms with Crippen molar-refractivity contribution in [2.45, 2.75) is 18.8 Å². The number of methoxy groups -OCH3 is 1. The number of amides is 1. The summed E-state index contributed by atoms with van der Waals surface area (Å²) in [4.78, 5) is 34.8. The summed E-state index contributed by atoms with van der Waals surface area (Å²) in [6.07, 6.45) is 2.92. The van der Waals surface area contributed by atoms with E-state index in [0.717, 1.165) is 0 Å². The predicted molar refractivity (Wildman–Crippen MR) is 76.6 cm³/mol. The first kappa shape index (κ1) is 15.9. The highest BCUT2D eigenvalue weighted by Gasteiger charge is 2.30. The number of ketones is 1. The van der Waals surface area contributed by atoms with E-state index < -0.39 is 17.7 Å². The molecule has 2 rings (SSSR count). The van der Waals surface area contributed by atoms with Crippen molar-refractivity contribution in [1.29, 1.82) is 0 Å². The number of Topliss-reactive ketones (excluding diaryl/α,β-unsaturated/α-hetero) is 1. The molecule has 5 nitrogen and oxygen atoms in total. The maximum atomic E-state index is 13.4. The third-order valence-corrected chi connectivity index (χ3v) is 3.47. The van der Waals surface area contributed by atoms with Crippen LogP contribution in [0.1, 0.15) is 23.5 Å². The minimum absolute atomic E-state index is 0.0515. The molecule has 116 valence electrons. The zero-order valence-electron chi connectivity index (χ0n) is 12.1. The fourth-order valence-electron chi connectivity index (χ4n) is 2.41. The van der Waals surface area contributed by atoms with Crippen LogP contribution in [0.4, 0.5) is 4.39 Å². The summed E-state index contributed by atoms with van der Waals surface area (Å²) < 4.78 is 17.8. The molecule has 1 N–H and O–H groups in total. The molecule has 1 aliphatic carbocycles. The molecule has 0 saturated heterocycles. The summed E-state index contributed by atoms with van der Waals surface area (Å²) >= 11 is 0. The van der Waals surface area contributed by atoms with Gasteiger partial charge in [-0.2, -0.15) is 0 Å². The number of carbonyl (C=O) groups is 3. The summed E-state index contributed by atoms with van der Waals surface area (Å²) in [5, 5.41) is 2.60. The molecular formula is C16H16FNO4. The highest BCUT2D eigenvalue weighted by Crippen LogP contribution is 2.30. The first-order valence-corrected chi connectivity index (χ1v) is 6.83. The highest BCUT2D eigenvalue weighted by molar-refractivity contribution is 5.94. The highest BCUT2D eigenvalue weighted by atomic mass is 19.1. The average Bonchev–Trinajstić information content (AvgIpc) is 2.50. The van der Waals surface area contributed by atoms with E-state index in [-0.39, 0.29) is 31.1 Å². The quantitative estimate of drug-likeness (QED) is 0.671. The Hall–Kier alpha value is -2.50. The van der Waals surface area contributed by atoms with E-state index >= 15 is 0 Å². The van der Waals surface area contributed by atoms with E-state index in [4.69, 9.17) is 0 Å². The third-order valence-electron chi connectivity index (χ3n) is 3.47. The van der Waals surface area contributed by atoms with E-state index in [1.54, 1.807) is 6.07 Å². The lowest BCUT2D eigenvalue weighted by Gasteiger charge is -2.23. The zero-order chi connectivity index (χ0) is 16.1. The van der Waals surface area contributed by atoms with Gasteiger partial charge in [-0.25, -0.2) is 9.18 Å². The summed E-state index contributed by atoms with van der Waals surface area (Å²) in [6, 6.07) is 4.13. The molecule has 1 unspecified atom stereocenters. The monoisotopic (exact) mass is 305 g/mol. The lowest BCUT2D eigenvalue weighted by atomic mass is 9.81. The number of rotatable bonds is 4. The van der Waals surface area contributed by atoms with Crippen LogP contribution in [0.3, 0.4) is 0 Å². The molecule has 0 saturated carbocycles. The second-order valence-electron chi connectivity index (χ2n) is 4.99. The largest absolute Gasteiger partial charge is 0.466 e. The minimum Gasteiger partial charge on any atom is -0.466 e. The number of fused-ring (bicyclic) bond motifs is 1. The standard InChI is InChI=1S/C16H16FNO4/c1-22-15(20)3-2-6-18-16(21)14-9-12(19)7-10-4-5-11(17)8-13(10)14/h2-5,8,14H,6-7,9H2,1H3,(H,18,21)/b3-2+. The molecule has 22 heavy (non-hydrogen) atoms. The van der Waals surface area contributed by atoms with Crippen molar-refractivity contribution in [1.82, 2.24) is 5.32 Å². The van der Waals surface area contributed by atoms with Gasteiger partial charge in [0.25, 0.3) is 0 Å². The van der Waals surface area contributed by atoms with Gasteiger partial charge >= 0.3 is 5.97 Å². The van der Waals surface area contributed by atoms with Gasteiger partial charge in [0.15, 0.2) is 0 Å². The predicted octanol–water partition coefficient (Wildman–Crippen LogP) is 1.27. The Kier molecular flexibility index (Phi) is 5.04. The minimum atomic E-state index is -0.696. The number of benzene rings is 1. The number of hydrogen-bond donors (Lipinski definition) is 1. The fourth-order valence-corrected chi connectivity index (χ4v) is 2.41. The number of carbonyl (C=O) groups excluding carboxylic acids is 3. The van der Waals surface area contributed by atoms with E-state index in [0.29, 0.717) is 11.1 Å². The third kappa shape index (κ3) is 3.78. The van der Waals surface area contributed by atoms with Gasteiger partial charge in [-0.05, 0) is 23.3 Å². The van der Waals surface area contributed by atoms with Crippen molar-refractivity contribution in [2.24, 2.45) is 0 Å². The van der Waals surface area contributed by atoms with Crippen molar-refractivity contribution >= 4 is 17.7 Å². The fraction of sp³-hybridized carbons (Fsp3) is 0.312. The maximum absolute atomic E-state index is 13.4. The van der Waals surface area contributed by atoms with Gasteiger partial charge < -0.3 is 10.1 Å². The Bertz CT molecular complexity index is 639. The Balaban J connectivity index is 2.07. The van der Waals surface area contributed by atoms with Crippen LogP contribution in [0.2, 0.25) is 0 Å². The molecule has 0 heterocycles. The first-order valence-electron chi connectivity index (χ1n) is 6.83. The van der Waals surface area contributed by atoms with Crippen LogP contribution in [0.15, 0.2) is 30.4 Å². The van der Waals surface area contributed by atoms with E-state index in [1.165, 1.54) is 31.4 Å². The van der Waals surface area contributed by atoms with Crippen molar-refractivity contribution in [3.05, 3.63) is 47.3 Å². The lowest BCUT2D eigenvalue weighted by Crippen LogP contribution is -2.34. The molecule has 1 atom stereocenters. The van der Waals surface area contributed by atoms with Crippen molar-refractivity contribution < 1.29 is 23.5 Å². The van der Waals surface area contributed by atoms with Gasteiger partial charge in [0, 0.05) is 25.5 Å². The molecule has 0 spiro atoms. The second kappa shape index (κ2) is 6.98. The molecule has 0 aliphatic heterocycles. The molecular weight excluding hydrogens is 289 g/mol. The number of nitrogens with one attached hydrogen (secondary N) is 1. The van der Waals surface area contributed by atoms with Gasteiger partial charge in [0.2, 0.25) is 5.91 Å². The van der Waals surface area contributed by atoms with E-state index in [9.17, 15) is 18.8 Å². The Morgan fingerprint density at radius 3 is 2.95 bits per heavy atom. The molecule has 0 aromatic heterocycles. The normalized spacial score (nSPS) is 17.2. The Labute approximate surface area is 127 Å². The van der Waals surface area contributed by atoms with Gasteiger partial charge in [-0.1, -0.05) is 12.1 Å². The van der Waals surface area contributed by atoms with Crippen LogP contribution >= 0.6 is 0 Å². The molecule has 6 heteroatoms. The van der Waals surface area contributed by atoms with Crippen molar-refractivity contribution in [2.75, 3.05) is 13.7 Å². The summed E-state index contributed by atoms with van der Waals surface area (Å²) in [6.45, 7) is 0.128. The maximum Gasteiger partial charge on any atom is 0.330 e. The van der Waals surface area contributed by atoms with Gasteiger partial charge in [0.05, 0.1) is 13.0 Å². The van der Waals surface area contributed by atoms with Gasteiger partial charge in [-0.15, -0.1) is 0 Å². The molecule has 0 fully saturated rings. The van der Waals surface area contributed by atoms with Crippen LogP contribution in [-0.4, -0.2) is 31.3 Å². The molecule has 1 aromatic carbocycles. The number of ether oxygens (including phenoxy) is 1. The molecule has 1 amide bonds. The number of hydrogen-bond acceptors (Lipinski definition) is 4. The van der Waals surface area contributed by atoms with Crippen molar-refractivity contribution in [3.63, 3.8) is 0 Å². The number of halogens is 1. The van der Waals surface area contributed by atoms with Gasteiger partial charge in [-0.3, -0.25) is 9.59 Å². The average molecular weight is 305 g/mol. The van der Waals surface area contributed by atoms with Crippen LogP contribution in [0.25, 0.3) is 0 Å². The topological polar surface area (TPSA) is 72.5 Å². The first-order chi connectivity index (χ1) is 10.5. The SMILES string of the molecule is COC(=O)/C=C/CNC(=O)C1CC(=O)Cc2ccc(F)cc21. The second-order valence-corrected chi connectivity index (χ2v) is 4.99. The molecule has 0 bridgehead atoms. The molecule has 1 aliphatic rings. The van der Waals surface area contributed by atoms with Crippen LogP contribution in [0.5, 0.6) is 0 Å². The van der Waals surface area contributed by atoms with Gasteiger partial charge in [0.1, 0.15) is 11.6 Å². The van der Waals surface area contributed by atoms with Crippen LogP contribution in [-0.2, 0) is 25.5 Å². The summed E-state index contributed by atoms with van der Waals surface area (Å²) in [5.74, 6) is -2.07.